The van der Waals surface area contributed by atoms with Crippen molar-refractivity contribution in [3.8, 4) is 0 Å². The van der Waals surface area contributed by atoms with Crippen LogP contribution in [0.15, 0.2) is 18.2 Å². The van der Waals surface area contributed by atoms with Crippen molar-refractivity contribution < 1.29 is 0 Å². The van der Waals surface area contributed by atoms with Gasteiger partial charge in [-0.1, -0.05) is 49.5 Å². The molecule has 0 unspecified atom stereocenters. The molecule has 19 heavy (non-hydrogen) atoms. The molecule has 0 heterocycles. The normalized spacial score (nSPS) is 17.5. The second-order valence-corrected chi connectivity index (χ2v) is 7.07. The molecule has 0 amide bonds. The molecule has 0 bridgehead atoms. The topological polar surface area (TPSA) is 12.0 Å². The number of nitrogens with one attached hydrogen (secondary N) is 1. The van der Waals surface area contributed by atoms with E-state index in [1.165, 1.54) is 19.3 Å². The first-order valence-electron chi connectivity index (χ1n) is 7.16. The summed E-state index contributed by atoms with van der Waals surface area (Å²) >= 11 is 12.6. The van der Waals surface area contributed by atoms with E-state index in [9.17, 15) is 0 Å². The minimum absolute atomic E-state index is 0.365. The monoisotopic (exact) mass is 299 g/mol. The Hall–Kier alpha value is -0.240. The average molecular weight is 300 g/mol. The van der Waals surface area contributed by atoms with Gasteiger partial charge in [-0.05, 0) is 54.8 Å². The highest BCUT2D eigenvalue weighted by Crippen LogP contribution is 2.45. The molecular formula is C16H23Cl2N. The molecule has 0 saturated heterocycles. The highest BCUT2D eigenvalue weighted by molar-refractivity contribution is 6.36. The zero-order chi connectivity index (χ0) is 13.9. The molecule has 2 rings (SSSR count). The molecule has 0 aliphatic heterocycles. The van der Waals surface area contributed by atoms with Crippen molar-refractivity contribution >= 4 is 23.2 Å². The SMILES string of the molecule is CC(C)CNCC1(Cc2c(Cl)cccc2Cl)CCC1. The van der Waals surface area contributed by atoms with Gasteiger partial charge in [-0.25, -0.2) is 0 Å². The fourth-order valence-corrected chi connectivity index (χ4v) is 3.33. The lowest BCUT2D eigenvalue weighted by molar-refractivity contribution is 0.129. The van der Waals surface area contributed by atoms with E-state index >= 15 is 0 Å². The standard InChI is InChI=1S/C16H23Cl2N/c1-12(2)10-19-11-16(7-4-8-16)9-13-14(17)5-3-6-15(13)18/h3,5-6,12,19H,4,7-11H2,1-2H3. The lowest BCUT2D eigenvalue weighted by atomic mass is 9.65. The van der Waals surface area contributed by atoms with E-state index in [4.69, 9.17) is 23.2 Å². The van der Waals surface area contributed by atoms with E-state index in [2.05, 4.69) is 19.2 Å². The predicted octanol–water partition coefficient (Wildman–Crippen LogP) is 4.95. The third kappa shape index (κ3) is 3.87. The molecule has 1 saturated carbocycles. The van der Waals surface area contributed by atoms with Gasteiger partial charge in [0.05, 0.1) is 0 Å². The van der Waals surface area contributed by atoms with Crippen molar-refractivity contribution in [3.05, 3.63) is 33.8 Å². The van der Waals surface area contributed by atoms with Gasteiger partial charge in [-0.3, -0.25) is 0 Å². The lowest BCUT2D eigenvalue weighted by Crippen LogP contribution is -2.42. The Kier molecular flexibility index (Phi) is 5.16. The summed E-state index contributed by atoms with van der Waals surface area (Å²) in [6.07, 6.45) is 4.88. The van der Waals surface area contributed by atoms with Crippen LogP contribution in [0.5, 0.6) is 0 Å². The molecule has 1 N–H and O–H groups in total. The van der Waals surface area contributed by atoms with E-state index in [0.29, 0.717) is 11.3 Å². The van der Waals surface area contributed by atoms with E-state index in [0.717, 1.165) is 35.1 Å². The smallest absolute Gasteiger partial charge is 0.0453 e. The summed E-state index contributed by atoms with van der Waals surface area (Å²) in [4.78, 5) is 0. The van der Waals surface area contributed by atoms with Gasteiger partial charge in [-0.15, -0.1) is 0 Å². The van der Waals surface area contributed by atoms with Crippen LogP contribution in [0.2, 0.25) is 10.0 Å². The predicted molar refractivity (Wildman–Crippen MR) is 84.2 cm³/mol. The second-order valence-electron chi connectivity index (χ2n) is 6.26. The van der Waals surface area contributed by atoms with Crippen molar-refractivity contribution in [2.75, 3.05) is 13.1 Å². The first-order chi connectivity index (χ1) is 9.02. The van der Waals surface area contributed by atoms with Crippen LogP contribution in [0.3, 0.4) is 0 Å². The zero-order valence-electron chi connectivity index (χ0n) is 11.8. The van der Waals surface area contributed by atoms with Gasteiger partial charge in [0, 0.05) is 16.6 Å². The molecular weight excluding hydrogens is 277 g/mol. The minimum atomic E-state index is 0.365. The van der Waals surface area contributed by atoms with Gasteiger partial charge in [0.2, 0.25) is 0 Å². The number of hydrogen-bond acceptors (Lipinski definition) is 1. The third-order valence-corrected chi connectivity index (χ3v) is 4.79. The summed E-state index contributed by atoms with van der Waals surface area (Å²) in [5, 5.41) is 5.22. The first kappa shape index (κ1) is 15.2. The molecule has 1 fully saturated rings. The summed E-state index contributed by atoms with van der Waals surface area (Å²) in [7, 11) is 0. The second kappa shape index (κ2) is 6.47. The van der Waals surface area contributed by atoms with E-state index in [1.807, 2.05) is 18.2 Å². The Morgan fingerprint density at radius 1 is 1.21 bits per heavy atom. The fourth-order valence-electron chi connectivity index (χ4n) is 2.80. The molecule has 1 aliphatic rings. The highest BCUT2D eigenvalue weighted by atomic mass is 35.5. The van der Waals surface area contributed by atoms with E-state index in [-0.39, 0.29) is 0 Å². The van der Waals surface area contributed by atoms with Crippen LogP contribution in [-0.4, -0.2) is 13.1 Å². The summed E-state index contributed by atoms with van der Waals surface area (Å²) in [6.45, 7) is 6.64. The van der Waals surface area contributed by atoms with Crippen LogP contribution in [0, 0.1) is 11.3 Å². The fraction of sp³-hybridized carbons (Fsp3) is 0.625. The summed E-state index contributed by atoms with van der Waals surface area (Å²) in [6, 6.07) is 5.80. The molecule has 0 spiro atoms. The third-order valence-electron chi connectivity index (χ3n) is 4.08. The van der Waals surface area contributed by atoms with Crippen LogP contribution in [0.4, 0.5) is 0 Å². The molecule has 1 aromatic carbocycles. The first-order valence-corrected chi connectivity index (χ1v) is 7.92. The van der Waals surface area contributed by atoms with Crippen molar-refractivity contribution in [2.24, 2.45) is 11.3 Å². The minimum Gasteiger partial charge on any atom is -0.316 e. The Morgan fingerprint density at radius 2 is 1.84 bits per heavy atom. The Bertz CT molecular complexity index is 405. The van der Waals surface area contributed by atoms with Crippen LogP contribution >= 0.6 is 23.2 Å². The van der Waals surface area contributed by atoms with Gasteiger partial charge >= 0.3 is 0 Å². The van der Waals surface area contributed by atoms with Crippen LogP contribution < -0.4 is 5.32 Å². The van der Waals surface area contributed by atoms with Crippen molar-refractivity contribution in [2.45, 2.75) is 39.5 Å². The Balaban J connectivity index is 2.02. The number of rotatable bonds is 6. The van der Waals surface area contributed by atoms with Crippen LogP contribution in [0.25, 0.3) is 0 Å². The molecule has 106 valence electrons. The Labute approximate surface area is 126 Å². The summed E-state index contributed by atoms with van der Waals surface area (Å²) < 4.78 is 0. The van der Waals surface area contributed by atoms with Gasteiger partial charge in [0.15, 0.2) is 0 Å². The zero-order valence-corrected chi connectivity index (χ0v) is 13.3. The number of halogens is 2. The molecule has 0 radical (unpaired) electrons. The van der Waals surface area contributed by atoms with Gasteiger partial charge in [0.25, 0.3) is 0 Å². The highest BCUT2D eigenvalue weighted by Gasteiger charge is 2.37. The maximum atomic E-state index is 6.30. The molecule has 1 aromatic rings. The lowest BCUT2D eigenvalue weighted by Gasteiger charge is -2.43. The van der Waals surface area contributed by atoms with Crippen LogP contribution in [-0.2, 0) is 6.42 Å². The number of hydrogen-bond donors (Lipinski definition) is 1. The van der Waals surface area contributed by atoms with Gasteiger partial charge in [-0.2, -0.15) is 0 Å². The molecule has 1 aliphatic carbocycles. The van der Waals surface area contributed by atoms with E-state index < -0.39 is 0 Å². The number of benzene rings is 1. The van der Waals surface area contributed by atoms with E-state index in [1.54, 1.807) is 0 Å². The maximum Gasteiger partial charge on any atom is 0.0453 e. The summed E-state index contributed by atoms with van der Waals surface area (Å²) in [5.41, 5.74) is 1.49. The molecule has 1 nitrogen and oxygen atoms in total. The van der Waals surface area contributed by atoms with Gasteiger partial charge in [0.1, 0.15) is 0 Å². The largest absolute Gasteiger partial charge is 0.316 e. The summed E-state index contributed by atoms with van der Waals surface area (Å²) in [5.74, 6) is 0.695. The Morgan fingerprint density at radius 3 is 2.32 bits per heavy atom. The van der Waals surface area contributed by atoms with Crippen LogP contribution in [0.1, 0.15) is 38.7 Å². The molecule has 0 atom stereocenters. The van der Waals surface area contributed by atoms with Crippen molar-refractivity contribution in [3.63, 3.8) is 0 Å². The van der Waals surface area contributed by atoms with Crippen molar-refractivity contribution in [1.29, 1.82) is 0 Å². The van der Waals surface area contributed by atoms with Crippen molar-refractivity contribution in [1.82, 2.24) is 5.32 Å². The van der Waals surface area contributed by atoms with Gasteiger partial charge < -0.3 is 5.32 Å². The molecule has 0 aromatic heterocycles. The maximum absolute atomic E-state index is 6.30. The molecule has 3 heteroatoms. The quantitative estimate of drug-likeness (QED) is 0.783. The average Bonchev–Trinajstić information content (AvgIpc) is 2.29.